The van der Waals surface area contributed by atoms with Crippen molar-refractivity contribution in [3.05, 3.63) is 35.9 Å². The number of guanidine groups is 1. The molecule has 1 aliphatic heterocycles. The first kappa shape index (κ1) is 18.3. The second-order valence-electron chi connectivity index (χ2n) is 6.74. The van der Waals surface area contributed by atoms with Crippen LogP contribution in [0.25, 0.3) is 0 Å². The maximum absolute atomic E-state index is 11.7. The van der Waals surface area contributed by atoms with Crippen molar-refractivity contribution in [3.8, 4) is 0 Å². The molecule has 0 spiro atoms. The zero-order valence-electron chi connectivity index (χ0n) is 15.3. The van der Waals surface area contributed by atoms with Gasteiger partial charge in [0.15, 0.2) is 5.96 Å². The summed E-state index contributed by atoms with van der Waals surface area (Å²) in [6.45, 7) is 4.91. The van der Waals surface area contributed by atoms with Gasteiger partial charge in [-0.05, 0) is 23.8 Å². The van der Waals surface area contributed by atoms with Crippen LogP contribution in [0.3, 0.4) is 0 Å². The van der Waals surface area contributed by atoms with E-state index in [0.29, 0.717) is 24.8 Å². The molecule has 0 aliphatic carbocycles. The number of nitrogens with one attached hydrogen (secondary N) is 1. The molecule has 1 aromatic carbocycles. The summed E-state index contributed by atoms with van der Waals surface area (Å²) in [6, 6.07) is 10.8. The number of hydrogen-bond acceptors (Lipinski definition) is 2. The van der Waals surface area contributed by atoms with Crippen molar-refractivity contribution in [2.45, 2.75) is 25.7 Å². The lowest BCUT2D eigenvalue weighted by Crippen LogP contribution is -2.48. The number of rotatable bonds is 4. The first-order valence-electron chi connectivity index (χ1n) is 8.73. The number of benzene rings is 1. The molecular weight excluding hydrogens is 300 g/mol. The average Bonchev–Trinajstić information content (AvgIpc) is 2.59. The number of carbonyl (C=O) groups excluding carboxylic acids is 1. The highest BCUT2D eigenvalue weighted by atomic mass is 16.2. The molecule has 2 atom stereocenters. The van der Waals surface area contributed by atoms with Gasteiger partial charge in [-0.2, -0.15) is 0 Å². The van der Waals surface area contributed by atoms with E-state index in [1.54, 1.807) is 19.0 Å². The van der Waals surface area contributed by atoms with E-state index in [1.807, 2.05) is 7.05 Å². The highest BCUT2D eigenvalue weighted by Gasteiger charge is 2.28. The van der Waals surface area contributed by atoms with Gasteiger partial charge in [0.1, 0.15) is 0 Å². The second kappa shape index (κ2) is 8.71. The number of carbonyl (C=O) groups is 1. The molecule has 1 saturated heterocycles. The van der Waals surface area contributed by atoms with Gasteiger partial charge in [-0.1, -0.05) is 37.3 Å². The Morgan fingerprint density at radius 3 is 2.62 bits per heavy atom. The number of likely N-dealkylation sites (tertiary alicyclic amines) is 1. The molecule has 1 aliphatic rings. The molecule has 0 saturated carbocycles. The smallest absolute Gasteiger partial charge is 0.223 e. The lowest BCUT2D eigenvalue weighted by atomic mass is 9.82. The molecular formula is C19H30N4O. The Morgan fingerprint density at radius 2 is 2.04 bits per heavy atom. The largest absolute Gasteiger partial charge is 0.356 e. The molecule has 24 heavy (non-hydrogen) atoms. The quantitative estimate of drug-likeness (QED) is 0.680. The predicted molar refractivity (Wildman–Crippen MR) is 99.2 cm³/mol. The van der Waals surface area contributed by atoms with E-state index < -0.39 is 0 Å². The number of piperidine rings is 1. The summed E-state index contributed by atoms with van der Waals surface area (Å²) < 4.78 is 0. The van der Waals surface area contributed by atoms with Crippen LogP contribution >= 0.6 is 0 Å². The van der Waals surface area contributed by atoms with Crippen LogP contribution in [0, 0.1) is 5.92 Å². The molecule has 1 heterocycles. The van der Waals surface area contributed by atoms with Crippen molar-refractivity contribution in [3.63, 3.8) is 0 Å². The molecule has 1 aromatic rings. The number of hydrogen-bond donors (Lipinski definition) is 1. The normalized spacial score (nSPS) is 21.5. The average molecular weight is 330 g/mol. The lowest BCUT2D eigenvalue weighted by molar-refractivity contribution is -0.128. The minimum Gasteiger partial charge on any atom is -0.356 e. The van der Waals surface area contributed by atoms with Gasteiger partial charge in [0.2, 0.25) is 5.91 Å². The third-order valence-electron chi connectivity index (χ3n) is 4.77. The zero-order valence-corrected chi connectivity index (χ0v) is 15.3. The van der Waals surface area contributed by atoms with E-state index in [2.05, 4.69) is 52.5 Å². The first-order chi connectivity index (χ1) is 11.5. The molecule has 0 radical (unpaired) electrons. The van der Waals surface area contributed by atoms with Gasteiger partial charge < -0.3 is 15.1 Å². The fourth-order valence-electron chi connectivity index (χ4n) is 3.37. The summed E-state index contributed by atoms with van der Waals surface area (Å²) in [7, 11) is 5.38. The predicted octanol–water partition coefficient (Wildman–Crippen LogP) is 2.17. The minimum atomic E-state index is 0.133. The molecule has 1 amide bonds. The molecule has 0 aromatic heterocycles. The van der Waals surface area contributed by atoms with Crippen LogP contribution in [0.1, 0.15) is 31.2 Å². The Bertz CT molecular complexity index is 556. The summed E-state index contributed by atoms with van der Waals surface area (Å²) in [4.78, 5) is 20.0. The Morgan fingerprint density at radius 1 is 1.33 bits per heavy atom. The van der Waals surface area contributed by atoms with Crippen LogP contribution in [-0.4, -0.2) is 62.4 Å². The van der Waals surface area contributed by atoms with Crippen molar-refractivity contribution < 1.29 is 4.79 Å². The molecule has 132 valence electrons. The molecule has 5 nitrogen and oxygen atoms in total. The Balaban J connectivity index is 1.88. The van der Waals surface area contributed by atoms with Crippen LogP contribution in [-0.2, 0) is 4.79 Å². The van der Waals surface area contributed by atoms with E-state index in [4.69, 9.17) is 0 Å². The topological polar surface area (TPSA) is 47.9 Å². The summed E-state index contributed by atoms with van der Waals surface area (Å²) in [5.74, 6) is 2.22. The van der Waals surface area contributed by atoms with E-state index in [0.717, 1.165) is 25.5 Å². The van der Waals surface area contributed by atoms with Crippen molar-refractivity contribution in [1.29, 1.82) is 0 Å². The maximum atomic E-state index is 11.7. The van der Waals surface area contributed by atoms with Gasteiger partial charge in [0, 0.05) is 47.2 Å². The van der Waals surface area contributed by atoms with Crippen LogP contribution in [0.4, 0.5) is 0 Å². The van der Waals surface area contributed by atoms with E-state index in [1.165, 1.54) is 5.56 Å². The summed E-state index contributed by atoms with van der Waals surface area (Å²) >= 11 is 0. The molecule has 2 unspecified atom stereocenters. The number of amides is 1. The fraction of sp³-hybridized carbons (Fsp3) is 0.579. The van der Waals surface area contributed by atoms with E-state index >= 15 is 0 Å². The van der Waals surface area contributed by atoms with E-state index in [9.17, 15) is 4.79 Å². The van der Waals surface area contributed by atoms with Crippen LogP contribution in [0.2, 0.25) is 0 Å². The highest BCUT2D eigenvalue weighted by molar-refractivity contribution is 5.81. The third kappa shape index (κ3) is 4.73. The second-order valence-corrected chi connectivity index (χ2v) is 6.74. The van der Waals surface area contributed by atoms with Crippen molar-refractivity contribution in [2.75, 3.05) is 40.8 Å². The summed E-state index contributed by atoms with van der Waals surface area (Å²) in [5, 5.41) is 3.33. The Labute approximate surface area is 145 Å². The van der Waals surface area contributed by atoms with Gasteiger partial charge in [0.05, 0.1) is 0 Å². The van der Waals surface area contributed by atoms with Crippen molar-refractivity contribution in [1.82, 2.24) is 15.1 Å². The molecule has 0 bridgehead atoms. The Hall–Kier alpha value is -2.04. The van der Waals surface area contributed by atoms with Crippen molar-refractivity contribution in [2.24, 2.45) is 10.9 Å². The first-order valence-corrected chi connectivity index (χ1v) is 8.73. The van der Waals surface area contributed by atoms with Gasteiger partial charge in [-0.15, -0.1) is 0 Å². The lowest BCUT2D eigenvalue weighted by Gasteiger charge is -2.39. The molecule has 1 fully saturated rings. The van der Waals surface area contributed by atoms with Gasteiger partial charge in [-0.3, -0.25) is 9.79 Å². The van der Waals surface area contributed by atoms with Crippen LogP contribution < -0.4 is 5.32 Å². The summed E-state index contributed by atoms with van der Waals surface area (Å²) in [6.07, 6.45) is 1.62. The van der Waals surface area contributed by atoms with Crippen LogP contribution in [0.5, 0.6) is 0 Å². The van der Waals surface area contributed by atoms with Gasteiger partial charge in [0.25, 0.3) is 0 Å². The SMILES string of the molecule is CN=C(NCCC(=O)N(C)C)N1CCC(c2ccccc2)C(C)C1. The van der Waals surface area contributed by atoms with Gasteiger partial charge >= 0.3 is 0 Å². The van der Waals surface area contributed by atoms with E-state index in [-0.39, 0.29) is 5.91 Å². The zero-order chi connectivity index (χ0) is 17.5. The fourth-order valence-corrected chi connectivity index (χ4v) is 3.37. The van der Waals surface area contributed by atoms with Crippen molar-refractivity contribution >= 4 is 11.9 Å². The standard InChI is InChI=1S/C19H30N4O/c1-15-14-23(13-11-17(15)16-8-6-5-7-9-16)19(20-2)21-12-10-18(24)22(3)4/h5-9,15,17H,10-14H2,1-4H3,(H,20,21). The number of nitrogens with zero attached hydrogens (tertiary/aromatic N) is 3. The maximum Gasteiger partial charge on any atom is 0.223 e. The summed E-state index contributed by atoms with van der Waals surface area (Å²) in [5.41, 5.74) is 1.43. The molecule has 2 rings (SSSR count). The number of aliphatic imine (C=N–C) groups is 1. The van der Waals surface area contributed by atoms with Gasteiger partial charge in [-0.25, -0.2) is 0 Å². The molecule has 1 N–H and O–H groups in total. The Kier molecular flexibility index (Phi) is 6.64. The third-order valence-corrected chi connectivity index (χ3v) is 4.77. The monoisotopic (exact) mass is 330 g/mol. The highest BCUT2D eigenvalue weighted by Crippen LogP contribution is 2.32. The molecule has 5 heteroatoms. The van der Waals surface area contributed by atoms with Crippen LogP contribution in [0.15, 0.2) is 35.3 Å². The minimum absolute atomic E-state index is 0.133.